The van der Waals surface area contributed by atoms with Crippen molar-refractivity contribution >= 4 is 35.5 Å². The Bertz CT molecular complexity index is 2310. The Morgan fingerprint density at radius 3 is 1.00 bits per heavy atom. The van der Waals surface area contributed by atoms with Crippen LogP contribution in [0, 0.1) is 0 Å². The van der Waals surface area contributed by atoms with Crippen LogP contribution in [0.3, 0.4) is 0 Å². The highest BCUT2D eigenvalue weighted by atomic mass is 32.2. The van der Waals surface area contributed by atoms with Crippen LogP contribution in [0.2, 0.25) is 0 Å². The molecule has 4 fully saturated rings. The number of hydrogen-bond donors (Lipinski definition) is 26. The van der Waals surface area contributed by atoms with E-state index in [9.17, 15) is 132 Å². The van der Waals surface area contributed by atoms with E-state index in [0.29, 0.717) is 0 Å². The molecule has 9 heterocycles. The van der Waals surface area contributed by atoms with Gasteiger partial charge >= 0.3 is 11.9 Å². The molecule has 9 aliphatic heterocycles. The van der Waals surface area contributed by atoms with Gasteiger partial charge in [0.2, 0.25) is 18.9 Å². The largest absolute Gasteiger partial charge is 0.506 e. The van der Waals surface area contributed by atoms with Gasteiger partial charge in [-0.2, -0.15) is 23.5 Å². The lowest BCUT2D eigenvalue weighted by atomic mass is 9.96. The maximum atomic E-state index is 11.5. The molecule has 9 aliphatic rings. The summed E-state index contributed by atoms with van der Waals surface area (Å²) in [6.45, 7) is -5.32. The van der Waals surface area contributed by atoms with Crippen LogP contribution < -0.4 is 11.5 Å². The second kappa shape index (κ2) is 35.1. The van der Waals surface area contributed by atoms with Crippen molar-refractivity contribution < 1.29 is 184 Å². The number of fused-ring (bicyclic) bond motifs is 4. The zero-order valence-corrected chi connectivity index (χ0v) is 48.3. The fraction of sp³-hybridized carbons (Fsp3) is 0.833. The molecular formula is C48H80N2O37S2. The summed E-state index contributed by atoms with van der Waals surface area (Å²) in [5, 5.41) is 261. The van der Waals surface area contributed by atoms with E-state index in [0.717, 1.165) is 23.5 Å². The Morgan fingerprint density at radius 1 is 0.371 bits per heavy atom. The summed E-state index contributed by atoms with van der Waals surface area (Å²) in [5.74, 6) is -13.4. The Labute approximate surface area is 511 Å². The van der Waals surface area contributed by atoms with E-state index in [2.05, 4.69) is 0 Å². The summed E-state index contributed by atoms with van der Waals surface area (Å²) in [5.41, 5.74) is 11.2. The van der Waals surface area contributed by atoms with Crippen molar-refractivity contribution in [3.63, 3.8) is 0 Å². The molecule has 0 amide bonds. The quantitative estimate of drug-likeness (QED) is 0.0567. The average molecular weight is 1340 g/mol. The zero-order valence-electron chi connectivity index (χ0n) is 46.7. The first-order valence-corrected chi connectivity index (χ1v) is 29.5. The lowest BCUT2D eigenvalue weighted by molar-refractivity contribution is -0.381. The molecule has 0 aromatic rings. The van der Waals surface area contributed by atoms with E-state index < -0.39 is 277 Å². The average Bonchev–Trinajstić information content (AvgIpc) is 1.92. The number of thioether (sulfide) groups is 2. The van der Waals surface area contributed by atoms with Crippen molar-refractivity contribution in [1.29, 1.82) is 0 Å². The topological polar surface area (TPSA) is 673 Å². The third-order valence-corrected chi connectivity index (χ3v) is 16.6. The van der Waals surface area contributed by atoms with Crippen LogP contribution in [-0.4, -0.2) is 363 Å². The molecule has 89 heavy (non-hydrogen) atoms. The minimum atomic E-state index is -2.83. The molecule has 0 aromatic heterocycles. The maximum Gasteiger partial charge on any atom is 0.321 e. The molecule has 0 aliphatic carbocycles. The van der Waals surface area contributed by atoms with Gasteiger partial charge in [-0.1, -0.05) is 0 Å². The molecule has 0 aromatic carbocycles. The van der Waals surface area contributed by atoms with Crippen LogP contribution in [0.15, 0.2) is 34.6 Å². The lowest BCUT2D eigenvalue weighted by Crippen LogP contribution is -2.67. The van der Waals surface area contributed by atoms with Gasteiger partial charge in [0.25, 0.3) is 0 Å². The van der Waals surface area contributed by atoms with Crippen molar-refractivity contribution in [1.82, 2.24) is 0 Å². The predicted molar refractivity (Wildman–Crippen MR) is 287 cm³/mol. The smallest absolute Gasteiger partial charge is 0.321 e. The van der Waals surface area contributed by atoms with Crippen LogP contribution in [-0.2, 0) is 61.7 Å². The Morgan fingerprint density at radius 2 is 0.663 bits per heavy atom. The molecule has 0 radical (unpaired) electrons. The monoisotopic (exact) mass is 1340 g/mol. The van der Waals surface area contributed by atoms with Gasteiger partial charge in [0.1, 0.15) is 122 Å². The SMILES string of the molecule is N[C@H](CSCC[C@H]1O[C@@H](O)/C(O)=C(/O)[C@@H](CCO)O[C@H]2OC(CO)[C@@H](O[C@H]3OC(CO)[C@@H](O[C@@H]4OC(CSC[C@@H](N)C(=O)O)[C@@H](O[C@H](O)/C(O)=C(\O)[C@@H](CCO)O[C@@H]5OC(CO)[C@@H](O[C@@H](O)/C(O)=C\1O)C(O)C5O)[C@H](O)C4O)C(O)C3O)C(O)C2O)C(=O)O. The predicted octanol–water partition coefficient (Wildman–Crippen LogP) is -10.2. The highest BCUT2D eigenvalue weighted by molar-refractivity contribution is 7.99. The zero-order chi connectivity index (χ0) is 66.5. The second-order valence-electron chi connectivity index (χ2n) is 20.6. The van der Waals surface area contributed by atoms with E-state index >= 15 is 0 Å². The number of hydrogen-bond acceptors (Lipinski definition) is 39. The van der Waals surface area contributed by atoms with Gasteiger partial charge in [0.05, 0.1) is 25.9 Å². The summed E-state index contributed by atoms with van der Waals surface area (Å²) < 4.78 is 61.4. The molecule has 9 rings (SSSR count). The number of carboxylic acids is 2. The molecule has 28 N–H and O–H groups in total. The fourth-order valence-corrected chi connectivity index (χ4v) is 11.3. The molecule has 0 spiro atoms. The third kappa shape index (κ3) is 19.1. The Kier molecular flexibility index (Phi) is 30.1. The van der Waals surface area contributed by atoms with Crippen molar-refractivity contribution in [2.45, 2.75) is 191 Å². The molecule has 4 saturated heterocycles. The molecular weight excluding hydrogens is 1260 g/mol. The summed E-state index contributed by atoms with van der Waals surface area (Å²) in [6, 6.07) is -2.95. The number of carbonyl (C=O) groups is 2. The van der Waals surface area contributed by atoms with Crippen LogP contribution >= 0.6 is 23.5 Å². The first kappa shape index (κ1) is 76.2. The molecule has 516 valence electrons. The molecule has 28 atom stereocenters. The first-order valence-electron chi connectivity index (χ1n) is 27.2. The standard InChI is InChI=1S/C48H80N2O37S2/c49-13(40(70)71)10-88-6-3-17-24(58)31(65)43(75)84-36-18(7-53)80-45(32(66)25(36)59)79-16(2-5-52)23(57)30(64)44(76)85-39-21(12-89-11-14(50)41(72)73)83-48(35(69)28(39)62)87-38-20(9-55)82-47(34(68)27(38)61)86-37-19(8-54)81-46(33(67)26(37)60)78-15(1-4-51)22(56)29(63)42(74)77-17/h13-21,25-28,32-39,42-48,51-69,74-76H,1-12,49-50H2,(H,70,71)(H,72,73)/b29-22-,30-23+,31-24-/t13-,14-,15-,16-,17-,18?,19?,20?,21?,25?,26?,27?,28-,32?,33?,34?,35?,36-,37-,38-,39-,42-,43-,44+,45-,46+,47-,48+/m1/s1. The second-order valence-corrected chi connectivity index (χ2v) is 22.8. The molecule has 0 saturated carbocycles. The van der Waals surface area contributed by atoms with Crippen LogP contribution in [0.4, 0.5) is 0 Å². The summed E-state index contributed by atoms with van der Waals surface area (Å²) in [7, 11) is 0. The maximum absolute atomic E-state index is 11.5. The third-order valence-electron chi connectivity index (χ3n) is 14.4. The van der Waals surface area contributed by atoms with Crippen LogP contribution in [0.25, 0.3) is 0 Å². The number of nitrogens with two attached hydrogens (primary N) is 2. The van der Waals surface area contributed by atoms with Gasteiger partial charge in [-0.05, 0) is 12.2 Å². The number of aliphatic hydroxyl groups excluding tert-OH is 22. The van der Waals surface area contributed by atoms with E-state index in [1.54, 1.807) is 0 Å². The minimum absolute atomic E-state index is 0.282. The lowest BCUT2D eigenvalue weighted by Gasteiger charge is -2.48. The summed E-state index contributed by atoms with van der Waals surface area (Å²) in [6.07, 6.45) is -59.6. The number of aliphatic carboxylic acids is 2. The van der Waals surface area contributed by atoms with Crippen molar-refractivity contribution in [3.8, 4) is 0 Å². The molecule has 11 unspecified atom stereocenters. The van der Waals surface area contributed by atoms with Gasteiger partial charge in [-0.25, -0.2) is 0 Å². The molecule has 8 bridgehead atoms. The normalized spacial score (nSPS) is 43.7. The van der Waals surface area contributed by atoms with E-state index in [4.69, 9.17) is 63.6 Å². The van der Waals surface area contributed by atoms with E-state index in [1.165, 1.54) is 0 Å². The highest BCUT2D eigenvalue weighted by Gasteiger charge is 2.55. The molecule has 39 nitrogen and oxygen atoms in total. The molecule has 41 heteroatoms. The van der Waals surface area contributed by atoms with Crippen molar-refractivity contribution in [2.24, 2.45) is 11.5 Å². The Balaban J connectivity index is 1.57. The number of aliphatic hydroxyl groups is 22. The van der Waals surface area contributed by atoms with Gasteiger partial charge in [-0.15, -0.1) is 0 Å². The van der Waals surface area contributed by atoms with Crippen LogP contribution in [0.5, 0.6) is 0 Å². The van der Waals surface area contributed by atoms with E-state index in [-0.39, 0.29) is 17.3 Å². The van der Waals surface area contributed by atoms with E-state index in [1.807, 2.05) is 0 Å². The van der Waals surface area contributed by atoms with Gasteiger partial charge in [0.15, 0.2) is 59.7 Å². The summed E-state index contributed by atoms with van der Waals surface area (Å²) >= 11 is 1.52. The number of ether oxygens (including phenoxy) is 11. The van der Waals surface area contributed by atoms with Crippen molar-refractivity contribution in [2.75, 3.05) is 56.0 Å². The fourth-order valence-electron chi connectivity index (χ4n) is 9.37. The minimum Gasteiger partial charge on any atom is -0.506 e. The van der Waals surface area contributed by atoms with Gasteiger partial charge in [0, 0.05) is 43.3 Å². The summed E-state index contributed by atoms with van der Waals surface area (Å²) in [4.78, 5) is 22.9. The Hall–Kier alpha value is -3.50. The van der Waals surface area contributed by atoms with Gasteiger partial charge in [-0.3, -0.25) is 9.59 Å². The first-order chi connectivity index (χ1) is 42.0. The highest BCUT2D eigenvalue weighted by Crippen LogP contribution is 2.37. The van der Waals surface area contributed by atoms with Crippen LogP contribution in [0.1, 0.15) is 19.3 Å². The number of carboxylic acid groups (broad SMARTS) is 2. The number of rotatable bonds is 18. The van der Waals surface area contributed by atoms with Crippen molar-refractivity contribution in [3.05, 3.63) is 34.6 Å². The van der Waals surface area contributed by atoms with Gasteiger partial charge < -0.3 is 186 Å².